The summed E-state index contributed by atoms with van der Waals surface area (Å²) >= 11 is 0. The second kappa shape index (κ2) is 7.75. The number of hydrogen-bond donors (Lipinski definition) is 1. The number of rotatable bonds is 6. The van der Waals surface area contributed by atoms with Crippen LogP contribution in [0, 0.1) is 5.92 Å². The van der Waals surface area contributed by atoms with Crippen molar-refractivity contribution in [2.75, 3.05) is 32.8 Å². The smallest absolute Gasteiger partial charge is 0.243 e. The number of ether oxygens (including phenoxy) is 1. The summed E-state index contributed by atoms with van der Waals surface area (Å²) in [6.45, 7) is 4.82. The van der Waals surface area contributed by atoms with Crippen LogP contribution in [0.15, 0.2) is 29.2 Å². The van der Waals surface area contributed by atoms with E-state index in [9.17, 15) is 8.42 Å². The Morgan fingerprint density at radius 2 is 1.74 bits per heavy atom. The average Bonchev–Trinajstić information content (AvgIpc) is 3.12. The number of sulfonamides is 1. The van der Waals surface area contributed by atoms with E-state index in [-0.39, 0.29) is 0 Å². The molecule has 0 amide bonds. The molecule has 1 N–H and O–H groups in total. The molecule has 3 rings (SSSR count). The third-order valence-corrected chi connectivity index (χ3v) is 6.64. The lowest BCUT2D eigenvalue weighted by molar-refractivity contribution is 0.0662. The van der Waals surface area contributed by atoms with Crippen LogP contribution in [0.2, 0.25) is 0 Å². The molecule has 0 unspecified atom stereocenters. The first-order chi connectivity index (χ1) is 11.2. The molecule has 2 saturated heterocycles. The van der Waals surface area contributed by atoms with Gasteiger partial charge in [-0.15, -0.1) is 0 Å². The summed E-state index contributed by atoms with van der Waals surface area (Å²) in [5, 5.41) is 3.47. The second-order valence-corrected chi connectivity index (χ2v) is 8.38. The molecule has 2 aliphatic heterocycles. The SMILES string of the molecule is O=S(=O)(c1ccc(CNCC2CCOCC2)cc1)N1CCCC1. The van der Waals surface area contributed by atoms with Crippen molar-refractivity contribution in [1.29, 1.82) is 0 Å². The summed E-state index contributed by atoms with van der Waals surface area (Å²) in [4.78, 5) is 0.410. The standard InChI is InChI=1S/C17H26N2O3S/c20-23(21,19-9-1-2-10-19)17-5-3-15(4-6-17)13-18-14-16-7-11-22-12-8-16/h3-6,16,18H,1-2,7-14H2. The third-order valence-electron chi connectivity index (χ3n) is 4.73. The number of hydrogen-bond acceptors (Lipinski definition) is 4. The zero-order valence-corrected chi connectivity index (χ0v) is 14.4. The van der Waals surface area contributed by atoms with Crippen molar-refractivity contribution in [1.82, 2.24) is 9.62 Å². The number of benzene rings is 1. The normalized spacial score (nSPS) is 20.9. The highest BCUT2D eigenvalue weighted by molar-refractivity contribution is 7.89. The molecule has 128 valence electrons. The van der Waals surface area contributed by atoms with Crippen LogP contribution in [0.3, 0.4) is 0 Å². The molecule has 0 saturated carbocycles. The van der Waals surface area contributed by atoms with E-state index in [4.69, 9.17) is 4.74 Å². The lowest BCUT2D eigenvalue weighted by Gasteiger charge is -2.22. The first kappa shape index (κ1) is 16.9. The van der Waals surface area contributed by atoms with Crippen LogP contribution in [0.1, 0.15) is 31.2 Å². The van der Waals surface area contributed by atoms with Crippen LogP contribution in [-0.2, 0) is 21.3 Å². The minimum Gasteiger partial charge on any atom is -0.381 e. The van der Waals surface area contributed by atoms with Gasteiger partial charge >= 0.3 is 0 Å². The molecule has 5 nitrogen and oxygen atoms in total. The van der Waals surface area contributed by atoms with E-state index in [1.54, 1.807) is 16.4 Å². The molecule has 0 aliphatic carbocycles. The van der Waals surface area contributed by atoms with E-state index < -0.39 is 10.0 Å². The van der Waals surface area contributed by atoms with Crippen molar-refractivity contribution in [2.45, 2.75) is 37.1 Å². The van der Waals surface area contributed by atoms with Gasteiger partial charge in [-0.05, 0) is 55.8 Å². The molecule has 23 heavy (non-hydrogen) atoms. The lowest BCUT2D eigenvalue weighted by Crippen LogP contribution is -2.28. The van der Waals surface area contributed by atoms with Crippen LogP contribution >= 0.6 is 0 Å². The molecule has 0 bridgehead atoms. The average molecular weight is 338 g/mol. The van der Waals surface area contributed by atoms with E-state index in [1.807, 2.05) is 12.1 Å². The van der Waals surface area contributed by atoms with Crippen molar-refractivity contribution in [3.8, 4) is 0 Å². The molecule has 6 heteroatoms. The fourth-order valence-electron chi connectivity index (χ4n) is 3.23. The Bertz CT molecular complexity index is 589. The molecule has 1 aromatic rings. The van der Waals surface area contributed by atoms with Crippen LogP contribution in [0.5, 0.6) is 0 Å². The first-order valence-electron chi connectivity index (χ1n) is 8.54. The van der Waals surface area contributed by atoms with Crippen molar-refractivity contribution >= 4 is 10.0 Å². The van der Waals surface area contributed by atoms with Crippen molar-refractivity contribution < 1.29 is 13.2 Å². The van der Waals surface area contributed by atoms with Crippen molar-refractivity contribution in [2.24, 2.45) is 5.92 Å². The lowest BCUT2D eigenvalue weighted by atomic mass is 10.0. The van der Waals surface area contributed by atoms with Crippen LogP contribution in [0.25, 0.3) is 0 Å². The molecule has 2 fully saturated rings. The van der Waals surface area contributed by atoms with Gasteiger partial charge in [-0.25, -0.2) is 8.42 Å². The Morgan fingerprint density at radius 3 is 2.39 bits per heavy atom. The van der Waals surface area contributed by atoms with Crippen molar-refractivity contribution in [3.63, 3.8) is 0 Å². The van der Waals surface area contributed by atoms with Crippen LogP contribution in [0.4, 0.5) is 0 Å². The third kappa shape index (κ3) is 4.32. The van der Waals surface area contributed by atoms with Crippen molar-refractivity contribution in [3.05, 3.63) is 29.8 Å². The molecule has 0 atom stereocenters. The van der Waals surface area contributed by atoms with Gasteiger partial charge in [-0.1, -0.05) is 12.1 Å². The summed E-state index contributed by atoms with van der Waals surface area (Å²) < 4.78 is 31.9. The number of nitrogens with zero attached hydrogens (tertiary/aromatic N) is 1. The minimum atomic E-state index is -3.29. The van der Waals surface area contributed by atoms with E-state index in [0.29, 0.717) is 23.9 Å². The van der Waals surface area contributed by atoms with Gasteiger partial charge in [0.15, 0.2) is 0 Å². The minimum absolute atomic E-state index is 0.410. The largest absolute Gasteiger partial charge is 0.381 e. The van der Waals surface area contributed by atoms with Gasteiger partial charge in [0.25, 0.3) is 0 Å². The molecule has 2 heterocycles. The summed E-state index contributed by atoms with van der Waals surface area (Å²) in [7, 11) is -3.29. The molecule has 1 aromatic carbocycles. The fourth-order valence-corrected chi connectivity index (χ4v) is 4.75. The second-order valence-electron chi connectivity index (χ2n) is 6.44. The van der Waals surface area contributed by atoms with Gasteiger partial charge in [-0.2, -0.15) is 4.31 Å². The Morgan fingerprint density at radius 1 is 1.09 bits per heavy atom. The summed E-state index contributed by atoms with van der Waals surface area (Å²) in [6.07, 6.45) is 4.18. The van der Waals surface area contributed by atoms with Gasteiger partial charge in [0.1, 0.15) is 0 Å². The summed E-state index contributed by atoms with van der Waals surface area (Å²) in [5.41, 5.74) is 1.12. The topological polar surface area (TPSA) is 58.6 Å². The van der Waals surface area contributed by atoms with Gasteiger partial charge in [0, 0.05) is 32.8 Å². The van der Waals surface area contributed by atoms with Gasteiger partial charge in [0.05, 0.1) is 4.90 Å². The fraction of sp³-hybridized carbons (Fsp3) is 0.647. The van der Waals surface area contributed by atoms with Gasteiger partial charge < -0.3 is 10.1 Å². The van der Waals surface area contributed by atoms with Gasteiger partial charge in [0.2, 0.25) is 10.0 Å². The molecular formula is C17H26N2O3S. The van der Waals surface area contributed by atoms with E-state index in [2.05, 4.69) is 5.32 Å². The van der Waals surface area contributed by atoms with E-state index in [0.717, 1.165) is 57.6 Å². The summed E-state index contributed by atoms with van der Waals surface area (Å²) in [6, 6.07) is 7.30. The Labute approximate surface area is 139 Å². The Kier molecular flexibility index (Phi) is 5.69. The maximum Gasteiger partial charge on any atom is 0.243 e. The summed E-state index contributed by atoms with van der Waals surface area (Å²) in [5.74, 6) is 0.693. The number of nitrogens with one attached hydrogen (secondary N) is 1. The predicted molar refractivity (Wildman–Crippen MR) is 89.7 cm³/mol. The maximum absolute atomic E-state index is 12.5. The van der Waals surface area contributed by atoms with Gasteiger partial charge in [-0.3, -0.25) is 0 Å². The van der Waals surface area contributed by atoms with E-state index >= 15 is 0 Å². The highest BCUT2D eigenvalue weighted by Gasteiger charge is 2.26. The van der Waals surface area contributed by atoms with Crippen LogP contribution in [-0.4, -0.2) is 45.6 Å². The van der Waals surface area contributed by atoms with Crippen LogP contribution < -0.4 is 5.32 Å². The molecule has 0 spiro atoms. The highest BCUT2D eigenvalue weighted by atomic mass is 32.2. The maximum atomic E-state index is 12.5. The first-order valence-corrected chi connectivity index (χ1v) is 9.98. The van der Waals surface area contributed by atoms with E-state index in [1.165, 1.54) is 0 Å². The molecule has 0 aromatic heterocycles. The Hall–Kier alpha value is -0.950. The molecule has 0 radical (unpaired) electrons. The predicted octanol–water partition coefficient (Wildman–Crippen LogP) is 1.99. The quantitative estimate of drug-likeness (QED) is 0.862. The Balaban J connectivity index is 1.52. The monoisotopic (exact) mass is 338 g/mol. The zero-order chi connectivity index (χ0) is 16.1. The highest BCUT2D eigenvalue weighted by Crippen LogP contribution is 2.21. The molecular weight excluding hydrogens is 312 g/mol. The molecule has 2 aliphatic rings. The zero-order valence-electron chi connectivity index (χ0n) is 13.5.